The zero-order chi connectivity index (χ0) is 32.9. The highest BCUT2D eigenvalue weighted by molar-refractivity contribution is 6.02. The van der Waals surface area contributed by atoms with Gasteiger partial charge in [0.15, 0.2) is 17.5 Å². The molecule has 0 saturated heterocycles. The number of hydrogen-bond acceptors (Lipinski definition) is 9. The molecule has 0 unspecified atom stereocenters. The number of carbonyl (C=O) groups excluding carboxylic acids is 2. The van der Waals surface area contributed by atoms with Gasteiger partial charge in [-0.05, 0) is 46.9 Å². The van der Waals surface area contributed by atoms with Crippen LogP contribution in [-0.4, -0.2) is 67.5 Å². The Morgan fingerprint density at radius 3 is 2.32 bits per heavy atom. The Hall–Kier alpha value is -5.02. The van der Waals surface area contributed by atoms with E-state index in [1.165, 1.54) is 7.11 Å². The molecule has 1 heterocycles. The minimum Gasteiger partial charge on any atom is -0.493 e. The van der Waals surface area contributed by atoms with Crippen LogP contribution in [0.5, 0.6) is 11.5 Å². The summed E-state index contributed by atoms with van der Waals surface area (Å²) < 4.78 is 42.2. The summed E-state index contributed by atoms with van der Waals surface area (Å²) in [5, 5.41) is 24.1. The number of halogens is 3. The fourth-order valence-corrected chi connectivity index (χ4v) is 3.76. The van der Waals surface area contributed by atoms with Crippen LogP contribution in [0, 0.1) is 5.92 Å². The molecule has 2 amide bonds. The van der Waals surface area contributed by atoms with Crippen LogP contribution in [0.25, 0.3) is 0 Å². The first-order valence-corrected chi connectivity index (χ1v) is 13.2. The lowest BCUT2D eigenvalue weighted by Gasteiger charge is -2.16. The number of nitrogens with one attached hydrogen (secondary N) is 2. The largest absolute Gasteiger partial charge is 0.493 e. The van der Waals surface area contributed by atoms with Crippen LogP contribution in [-0.2, 0) is 27.3 Å². The molecule has 0 spiro atoms. The second-order valence-electron chi connectivity index (χ2n) is 9.73. The highest BCUT2D eigenvalue weighted by Crippen LogP contribution is 2.27. The minimum atomic E-state index is -5.08. The molecule has 2 aromatic carbocycles. The Labute approximate surface area is 251 Å². The summed E-state index contributed by atoms with van der Waals surface area (Å²) in [7, 11) is 3.07. The van der Waals surface area contributed by atoms with Crippen molar-refractivity contribution in [2.45, 2.75) is 45.5 Å². The predicted octanol–water partition coefficient (Wildman–Crippen LogP) is 3.21. The van der Waals surface area contributed by atoms with Crippen molar-refractivity contribution in [3.8, 4) is 11.5 Å². The number of aliphatic imine (C=N–C) groups is 1. The molecule has 2 aromatic rings. The molecule has 0 bridgehead atoms. The van der Waals surface area contributed by atoms with E-state index in [1.807, 2.05) is 38.1 Å². The fraction of sp³-hybridized carbons (Fsp3) is 0.393. The molecule has 238 valence electrons. The molecule has 16 heteroatoms. The molecular weight excluding hydrogens is 587 g/mol. The van der Waals surface area contributed by atoms with Crippen LogP contribution in [0.2, 0.25) is 0 Å². The Kier molecular flexibility index (Phi) is 13.3. The third-order valence-electron chi connectivity index (χ3n) is 5.79. The van der Waals surface area contributed by atoms with E-state index in [4.69, 9.17) is 25.1 Å². The van der Waals surface area contributed by atoms with Crippen LogP contribution < -0.4 is 25.8 Å². The third-order valence-corrected chi connectivity index (χ3v) is 5.79. The summed E-state index contributed by atoms with van der Waals surface area (Å²) in [6.45, 7) is 4.73. The number of nitrogens with zero attached hydrogens (tertiary/aromatic N) is 4. The van der Waals surface area contributed by atoms with Crippen molar-refractivity contribution in [2.75, 3.05) is 20.8 Å². The molecule has 44 heavy (non-hydrogen) atoms. The van der Waals surface area contributed by atoms with Crippen molar-refractivity contribution in [2.24, 2.45) is 32.1 Å². The summed E-state index contributed by atoms with van der Waals surface area (Å²) in [6.07, 6.45) is -4.56. The van der Waals surface area contributed by atoms with Crippen LogP contribution in [0.3, 0.4) is 0 Å². The first-order valence-electron chi connectivity index (χ1n) is 13.2. The SMILES string of the molecule is COc1ccc(CC(=O)NC(N)=N[C@H](CC(C)C)C(=O)NCc2cccc(C3=NN=NC3)c2)cc1OC.O=C(O)C(F)(F)F. The van der Waals surface area contributed by atoms with E-state index in [0.29, 0.717) is 36.6 Å². The molecule has 0 saturated carbocycles. The highest BCUT2D eigenvalue weighted by Gasteiger charge is 2.38. The summed E-state index contributed by atoms with van der Waals surface area (Å²) in [4.78, 5) is 38.7. The number of ether oxygens (including phenoxy) is 2. The van der Waals surface area contributed by atoms with Gasteiger partial charge in [-0.1, -0.05) is 38.1 Å². The average molecular weight is 622 g/mol. The standard InChI is InChI=1S/C26H33N7O4.C2HF3O2/c1-16(2)10-20(25(35)28-14-18-6-5-7-19(11-18)21-15-29-33-32-21)30-26(27)31-24(34)13-17-8-9-22(36-3)23(12-17)37-4;3-2(4,5)1(6)7/h5-9,11-12,16,20H,10,13-15H2,1-4H3,(H,28,35)(H3,27,30,31,34);(H,6,7)/t20-;/m1./s1. The van der Waals surface area contributed by atoms with Crippen molar-refractivity contribution in [1.82, 2.24) is 10.6 Å². The number of alkyl halides is 3. The van der Waals surface area contributed by atoms with Gasteiger partial charge in [0.25, 0.3) is 0 Å². The highest BCUT2D eigenvalue weighted by atomic mass is 19.4. The van der Waals surface area contributed by atoms with Crippen LogP contribution >= 0.6 is 0 Å². The van der Waals surface area contributed by atoms with Crippen LogP contribution in [0.15, 0.2) is 62.9 Å². The topological polar surface area (TPSA) is 189 Å². The molecule has 1 aliphatic heterocycles. The van der Waals surface area contributed by atoms with Crippen molar-refractivity contribution in [1.29, 1.82) is 0 Å². The number of amides is 2. The third kappa shape index (κ3) is 11.7. The van der Waals surface area contributed by atoms with E-state index in [1.54, 1.807) is 25.3 Å². The van der Waals surface area contributed by atoms with Crippen LogP contribution in [0.1, 0.15) is 37.0 Å². The molecule has 3 rings (SSSR count). The number of hydrogen-bond donors (Lipinski definition) is 4. The summed E-state index contributed by atoms with van der Waals surface area (Å²) in [5.41, 5.74) is 9.32. The summed E-state index contributed by atoms with van der Waals surface area (Å²) in [5.74, 6) is -2.23. The van der Waals surface area contributed by atoms with Gasteiger partial charge in [-0.3, -0.25) is 14.9 Å². The number of methoxy groups -OCH3 is 2. The zero-order valence-electron chi connectivity index (χ0n) is 24.5. The van der Waals surface area contributed by atoms with Crippen molar-refractivity contribution < 1.29 is 42.1 Å². The first kappa shape index (κ1) is 35.2. The van der Waals surface area contributed by atoms with Crippen molar-refractivity contribution in [3.05, 3.63) is 59.2 Å². The van der Waals surface area contributed by atoms with E-state index >= 15 is 0 Å². The van der Waals surface area contributed by atoms with Crippen molar-refractivity contribution in [3.63, 3.8) is 0 Å². The zero-order valence-corrected chi connectivity index (χ0v) is 24.5. The van der Waals surface area contributed by atoms with Crippen LogP contribution in [0.4, 0.5) is 13.2 Å². The van der Waals surface area contributed by atoms with E-state index in [9.17, 15) is 22.8 Å². The number of carboxylic acid groups (broad SMARTS) is 1. The average Bonchev–Trinajstić information content (AvgIpc) is 3.50. The maximum absolute atomic E-state index is 13.0. The smallest absolute Gasteiger partial charge is 0.490 e. The lowest BCUT2D eigenvalue weighted by molar-refractivity contribution is -0.192. The quantitative estimate of drug-likeness (QED) is 0.219. The number of carboxylic acids is 1. The monoisotopic (exact) mass is 621 g/mol. The van der Waals surface area contributed by atoms with Gasteiger partial charge < -0.3 is 25.6 Å². The molecular formula is C28H34F3N7O6. The lowest BCUT2D eigenvalue weighted by Crippen LogP contribution is -2.41. The van der Waals surface area contributed by atoms with Gasteiger partial charge in [-0.15, -0.1) is 5.10 Å². The molecule has 0 aliphatic carbocycles. The molecule has 0 aromatic heterocycles. The maximum atomic E-state index is 13.0. The van der Waals surface area contributed by atoms with E-state index in [0.717, 1.165) is 16.8 Å². The molecule has 0 fully saturated rings. The van der Waals surface area contributed by atoms with E-state index < -0.39 is 18.2 Å². The molecule has 1 aliphatic rings. The Balaban J connectivity index is 0.000000860. The molecule has 13 nitrogen and oxygen atoms in total. The van der Waals surface area contributed by atoms with Gasteiger partial charge in [-0.2, -0.15) is 18.3 Å². The predicted molar refractivity (Wildman–Crippen MR) is 154 cm³/mol. The van der Waals surface area contributed by atoms with E-state index in [2.05, 4.69) is 31.1 Å². The number of aliphatic carboxylic acids is 1. The van der Waals surface area contributed by atoms with Gasteiger partial charge in [0.1, 0.15) is 12.6 Å². The number of carbonyl (C=O) groups is 3. The maximum Gasteiger partial charge on any atom is 0.490 e. The number of nitrogens with two attached hydrogens (primary N) is 1. The molecule has 5 N–H and O–H groups in total. The van der Waals surface area contributed by atoms with Gasteiger partial charge in [0, 0.05) is 12.1 Å². The Morgan fingerprint density at radius 2 is 1.75 bits per heavy atom. The number of guanidine groups is 1. The summed E-state index contributed by atoms with van der Waals surface area (Å²) >= 11 is 0. The molecule has 0 radical (unpaired) electrons. The second kappa shape index (κ2) is 16.6. The Morgan fingerprint density at radius 1 is 1.07 bits per heavy atom. The van der Waals surface area contributed by atoms with E-state index in [-0.39, 0.29) is 30.1 Å². The van der Waals surface area contributed by atoms with Crippen molar-refractivity contribution >= 4 is 29.5 Å². The second-order valence-corrected chi connectivity index (χ2v) is 9.73. The minimum absolute atomic E-state index is 0.0554. The summed E-state index contributed by atoms with van der Waals surface area (Å²) in [6, 6.07) is 12.1. The number of rotatable bonds is 11. The first-order chi connectivity index (χ1) is 20.7. The number of benzene rings is 2. The van der Waals surface area contributed by atoms with Gasteiger partial charge in [-0.25, -0.2) is 9.79 Å². The van der Waals surface area contributed by atoms with Gasteiger partial charge in [0.05, 0.1) is 26.4 Å². The normalized spacial score (nSPS) is 13.4. The van der Waals surface area contributed by atoms with Gasteiger partial charge >= 0.3 is 12.1 Å². The lowest BCUT2D eigenvalue weighted by atomic mass is 10.0. The fourth-order valence-electron chi connectivity index (χ4n) is 3.76. The van der Waals surface area contributed by atoms with Gasteiger partial charge in [0.2, 0.25) is 11.8 Å². The molecule has 1 atom stereocenters. The Bertz CT molecular complexity index is 1410.